The highest BCUT2D eigenvalue weighted by molar-refractivity contribution is 6.31. The molecule has 0 saturated carbocycles. The fourth-order valence-electron chi connectivity index (χ4n) is 3.01. The largest absolute Gasteiger partial charge is 0.506 e. The van der Waals surface area contributed by atoms with Crippen molar-refractivity contribution >= 4 is 34.2 Å². The number of carbonyl (C=O) groups excluding carboxylic acids is 1. The number of amides is 1. The second-order valence-electron chi connectivity index (χ2n) is 6.30. The number of hydrogen-bond donors (Lipinski definition) is 2. The first-order valence-electron chi connectivity index (χ1n) is 8.62. The van der Waals surface area contributed by atoms with E-state index >= 15 is 0 Å². The van der Waals surface area contributed by atoms with Gasteiger partial charge >= 0.3 is 0 Å². The number of rotatable bonds is 3. The second-order valence-corrected chi connectivity index (χ2v) is 6.71. The molecule has 2 aromatic heterocycles. The molecular weight excluding hydrogens is 416 g/mol. The molecule has 6 nitrogen and oxygen atoms in total. The summed E-state index contributed by atoms with van der Waals surface area (Å²) in [5.41, 5.74) is -0.946. The minimum atomic E-state index is -0.929. The van der Waals surface area contributed by atoms with Gasteiger partial charge in [0.15, 0.2) is 5.65 Å². The van der Waals surface area contributed by atoms with E-state index in [1.54, 1.807) is 0 Å². The Labute approximate surface area is 173 Å². The highest BCUT2D eigenvalue weighted by Gasteiger charge is 2.24. The highest BCUT2D eigenvalue weighted by Crippen LogP contribution is 2.28. The van der Waals surface area contributed by atoms with Crippen LogP contribution in [0.5, 0.6) is 5.75 Å². The van der Waals surface area contributed by atoms with Gasteiger partial charge in [-0.05, 0) is 54.6 Å². The Morgan fingerprint density at radius 1 is 1.10 bits per heavy atom. The fraction of sp³-hybridized carbons (Fsp3) is 0. The lowest BCUT2D eigenvalue weighted by molar-refractivity contribution is 0.102. The SMILES string of the molecule is O=C(Nc1ccc(F)c(Cl)c1)c1c(O)c2cccnc2n(-c2ccc(F)cc2)c1=O. The third-order valence-electron chi connectivity index (χ3n) is 4.40. The molecule has 0 radical (unpaired) electrons. The van der Waals surface area contributed by atoms with Crippen LogP contribution >= 0.6 is 11.6 Å². The maximum atomic E-state index is 13.4. The van der Waals surface area contributed by atoms with Crippen LogP contribution in [0.15, 0.2) is 65.6 Å². The summed E-state index contributed by atoms with van der Waals surface area (Å²) in [6.45, 7) is 0. The van der Waals surface area contributed by atoms with Crippen molar-refractivity contribution < 1.29 is 18.7 Å². The number of hydrogen-bond acceptors (Lipinski definition) is 4. The lowest BCUT2D eigenvalue weighted by Crippen LogP contribution is -2.29. The van der Waals surface area contributed by atoms with Gasteiger partial charge in [-0.25, -0.2) is 13.8 Å². The monoisotopic (exact) mass is 427 g/mol. The van der Waals surface area contributed by atoms with E-state index in [2.05, 4.69) is 10.3 Å². The van der Waals surface area contributed by atoms with Crippen molar-refractivity contribution in [2.75, 3.05) is 5.32 Å². The zero-order chi connectivity index (χ0) is 21.4. The first-order valence-corrected chi connectivity index (χ1v) is 8.99. The molecule has 0 fully saturated rings. The number of aromatic hydroxyl groups is 1. The molecule has 2 heterocycles. The number of benzene rings is 2. The summed E-state index contributed by atoms with van der Waals surface area (Å²) in [5, 5.41) is 13.0. The Morgan fingerprint density at radius 3 is 2.53 bits per heavy atom. The second kappa shape index (κ2) is 7.57. The fourth-order valence-corrected chi connectivity index (χ4v) is 3.19. The maximum Gasteiger partial charge on any atom is 0.273 e. The summed E-state index contributed by atoms with van der Waals surface area (Å²) in [7, 11) is 0. The van der Waals surface area contributed by atoms with Crippen molar-refractivity contribution in [2.24, 2.45) is 0 Å². The molecular formula is C21H12ClF2N3O3. The van der Waals surface area contributed by atoms with Crippen LogP contribution in [0.2, 0.25) is 5.02 Å². The first kappa shape index (κ1) is 19.5. The lowest BCUT2D eigenvalue weighted by atomic mass is 10.1. The highest BCUT2D eigenvalue weighted by atomic mass is 35.5. The maximum absolute atomic E-state index is 13.4. The van der Waals surface area contributed by atoms with E-state index in [1.165, 1.54) is 42.6 Å². The normalized spacial score (nSPS) is 10.9. The van der Waals surface area contributed by atoms with Crippen LogP contribution in [0.25, 0.3) is 16.7 Å². The van der Waals surface area contributed by atoms with Crippen molar-refractivity contribution in [3.63, 3.8) is 0 Å². The van der Waals surface area contributed by atoms with E-state index in [4.69, 9.17) is 11.6 Å². The zero-order valence-electron chi connectivity index (χ0n) is 15.1. The van der Waals surface area contributed by atoms with Gasteiger partial charge in [0.05, 0.1) is 16.1 Å². The third kappa shape index (κ3) is 3.37. The molecule has 0 atom stereocenters. The minimum Gasteiger partial charge on any atom is -0.506 e. The summed E-state index contributed by atoms with van der Waals surface area (Å²) in [5.74, 6) is -2.67. The summed E-state index contributed by atoms with van der Waals surface area (Å²) < 4.78 is 27.8. The number of aromatic nitrogens is 2. The molecule has 1 amide bonds. The van der Waals surface area contributed by atoms with Gasteiger partial charge in [0, 0.05) is 11.9 Å². The van der Waals surface area contributed by atoms with Crippen molar-refractivity contribution in [1.82, 2.24) is 9.55 Å². The first-order chi connectivity index (χ1) is 14.4. The average Bonchev–Trinajstić information content (AvgIpc) is 2.72. The van der Waals surface area contributed by atoms with Gasteiger partial charge in [0.2, 0.25) is 0 Å². The number of carbonyl (C=O) groups is 1. The van der Waals surface area contributed by atoms with Crippen LogP contribution in [-0.4, -0.2) is 20.6 Å². The molecule has 0 unspecified atom stereocenters. The van der Waals surface area contributed by atoms with E-state index in [-0.39, 0.29) is 27.4 Å². The predicted octanol–water partition coefficient (Wildman–Crippen LogP) is 4.28. The quantitative estimate of drug-likeness (QED) is 0.511. The molecule has 0 spiro atoms. The van der Waals surface area contributed by atoms with Crippen molar-refractivity contribution in [3.8, 4) is 11.4 Å². The Hall–Kier alpha value is -3.78. The van der Waals surface area contributed by atoms with Crippen LogP contribution in [-0.2, 0) is 0 Å². The lowest BCUT2D eigenvalue weighted by Gasteiger charge is -2.14. The number of fused-ring (bicyclic) bond motifs is 1. The number of nitrogens with one attached hydrogen (secondary N) is 1. The number of pyridine rings is 2. The zero-order valence-corrected chi connectivity index (χ0v) is 15.8. The van der Waals surface area contributed by atoms with E-state index < -0.39 is 34.4 Å². The van der Waals surface area contributed by atoms with Crippen LogP contribution in [0.4, 0.5) is 14.5 Å². The molecule has 2 N–H and O–H groups in total. The standard InChI is InChI=1S/C21H12ClF2N3O3/c22-15-10-12(5-8-16(15)24)26-20(29)17-18(28)14-2-1-9-25-19(14)27(21(17)30)13-6-3-11(23)4-7-13/h1-10,28H,(H,26,29). The number of nitrogens with zero attached hydrogens (tertiary/aromatic N) is 2. The summed E-state index contributed by atoms with van der Waals surface area (Å²) in [6.07, 6.45) is 1.42. The molecule has 0 saturated heterocycles. The molecule has 0 aliphatic carbocycles. The molecule has 9 heteroatoms. The third-order valence-corrected chi connectivity index (χ3v) is 4.69. The van der Waals surface area contributed by atoms with Gasteiger partial charge < -0.3 is 10.4 Å². The van der Waals surface area contributed by atoms with Gasteiger partial charge in [-0.1, -0.05) is 11.6 Å². The number of anilines is 1. The van der Waals surface area contributed by atoms with Gasteiger partial charge in [-0.3, -0.25) is 14.2 Å². The molecule has 2 aromatic carbocycles. The molecule has 0 aliphatic heterocycles. The van der Waals surface area contributed by atoms with E-state index in [1.807, 2.05) is 0 Å². The summed E-state index contributed by atoms with van der Waals surface area (Å²) in [4.78, 5) is 30.1. The van der Waals surface area contributed by atoms with Crippen LogP contribution < -0.4 is 10.9 Å². The smallest absolute Gasteiger partial charge is 0.273 e. The van der Waals surface area contributed by atoms with E-state index in [0.717, 1.165) is 22.8 Å². The number of halogens is 3. The Kier molecular flexibility index (Phi) is 4.93. The molecule has 30 heavy (non-hydrogen) atoms. The van der Waals surface area contributed by atoms with Gasteiger partial charge in [-0.2, -0.15) is 0 Å². The Morgan fingerprint density at radius 2 is 1.83 bits per heavy atom. The van der Waals surface area contributed by atoms with Crippen LogP contribution in [0.3, 0.4) is 0 Å². The van der Waals surface area contributed by atoms with Crippen molar-refractivity contribution in [3.05, 3.63) is 93.4 Å². The Bertz CT molecular complexity index is 1350. The molecule has 4 rings (SSSR count). The summed E-state index contributed by atoms with van der Waals surface area (Å²) in [6, 6.07) is 11.5. The van der Waals surface area contributed by atoms with Crippen LogP contribution in [0.1, 0.15) is 10.4 Å². The van der Waals surface area contributed by atoms with Gasteiger partial charge in [0.25, 0.3) is 11.5 Å². The summed E-state index contributed by atoms with van der Waals surface area (Å²) >= 11 is 5.72. The van der Waals surface area contributed by atoms with Crippen molar-refractivity contribution in [2.45, 2.75) is 0 Å². The molecule has 4 aromatic rings. The molecule has 0 aliphatic rings. The van der Waals surface area contributed by atoms with E-state index in [9.17, 15) is 23.5 Å². The van der Waals surface area contributed by atoms with Crippen LogP contribution in [0, 0.1) is 11.6 Å². The minimum absolute atomic E-state index is 0.0907. The van der Waals surface area contributed by atoms with Gasteiger partial charge in [0.1, 0.15) is 22.9 Å². The van der Waals surface area contributed by atoms with Crippen molar-refractivity contribution in [1.29, 1.82) is 0 Å². The predicted molar refractivity (Wildman–Crippen MR) is 108 cm³/mol. The average molecular weight is 428 g/mol. The van der Waals surface area contributed by atoms with E-state index in [0.29, 0.717) is 0 Å². The topological polar surface area (TPSA) is 84.2 Å². The van der Waals surface area contributed by atoms with Gasteiger partial charge in [-0.15, -0.1) is 0 Å². The molecule has 150 valence electrons. The Balaban J connectivity index is 1.91. The molecule has 0 bridgehead atoms.